The Morgan fingerprint density at radius 3 is 2.42 bits per heavy atom. The SMILES string of the molecule is Clc1cccnc1.O=C(O)N1CCC(Oc2cccc(OCC3CCCCC3)c2)CC1. The lowest BCUT2D eigenvalue weighted by Gasteiger charge is -2.30. The highest BCUT2D eigenvalue weighted by molar-refractivity contribution is 6.30. The van der Waals surface area contributed by atoms with Crippen molar-refractivity contribution >= 4 is 17.7 Å². The lowest BCUT2D eigenvalue weighted by molar-refractivity contribution is 0.0892. The zero-order chi connectivity index (χ0) is 21.9. The van der Waals surface area contributed by atoms with Crippen molar-refractivity contribution in [3.63, 3.8) is 0 Å². The van der Waals surface area contributed by atoms with Crippen LogP contribution in [0.1, 0.15) is 44.9 Å². The highest BCUT2D eigenvalue weighted by Crippen LogP contribution is 2.27. The van der Waals surface area contributed by atoms with Gasteiger partial charge in [0.2, 0.25) is 0 Å². The molecule has 7 heteroatoms. The fourth-order valence-electron chi connectivity index (χ4n) is 3.90. The molecule has 168 valence electrons. The lowest BCUT2D eigenvalue weighted by atomic mass is 9.90. The molecule has 2 fully saturated rings. The second-order valence-corrected chi connectivity index (χ2v) is 8.48. The minimum Gasteiger partial charge on any atom is -0.493 e. The smallest absolute Gasteiger partial charge is 0.407 e. The molecule has 1 amide bonds. The summed E-state index contributed by atoms with van der Waals surface area (Å²) in [5.41, 5.74) is 0. The van der Waals surface area contributed by atoms with Crippen LogP contribution in [0.3, 0.4) is 0 Å². The second-order valence-electron chi connectivity index (χ2n) is 8.05. The molecule has 2 aliphatic rings. The summed E-state index contributed by atoms with van der Waals surface area (Å²) >= 11 is 5.48. The summed E-state index contributed by atoms with van der Waals surface area (Å²) in [5.74, 6) is 2.36. The monoisotopic (exact) mass is 446 g/mol. The van der Waals surface area contributed by atoms with Gasteiger partial charge < -0.3 is 19.5 Å². The third kappa shape index (κ3) is 8.29. The van der Waals surface area contributed by atoms with Crippen molar-refractivity contribution in [3.05, 3.63) is 53.8 Å². The molecule has 1 aliphatic heterocycles. The maximum Gasteiger partial charge on any atom is 0.407 e. The molecule has 1 saturated carbocycles. The van der Waals surface area contributed by atoms with Gasteiger partial charge in [0.05, 0.1) is 11.6 Å². The van der Waals surface area contributed by atoms with Crippen molar-refractivity contribution in [2.75, 3.05) is 19.7 Å². The standard InChI is InChI=1S/C19H27NO4.C5H4ClN/c21-19(22)20-11-9-16(10-12-20)24-18-8-4-7-17(13-18)23-14-15-5-2-1-3-6-15;6-5-2-1-3-7-4-5/h4,7-8,13,15-16H,1-3,5-6,9-12,14H2,(H,21,22);1-4H. The van der Waals surface area contributed by atoms with Gasteiger partial charge in [-0.05, 0) is 43.0 Å². The van der Waals surface area contributed by atoms with Gasteiger partial charge >= 0.3 is 6.09 Å². The topological polar surface area (TPSA) is 71.9 Å². The first-order valence-corrected chi connectivity index (χ1v) is 11.4. The molecule has 0 spiro atoms. The number of halogens is 1. The molecule has 2 heterocycles. The van der Waals surface area contributed by atoms with E-state index in [2.05, 4.69) is 4.98 Å². The van der Waals surface area contributed by atoms with Crippen LogP contribution in [0.15, 0.2) is 48.8 Å². The Hall–Kier alpha value is -2.47. The van der Waals surface area contributed by atoms with Gasteiger partial charge in [-0.25, -0.2) is 4.79 Å². The highest BCUT2D eigenvalue weighted by Gasteiger charge is 2.23. The predicted molar refractivity (Wildman–Crippen MR) is 121 cm³/mol. The molecular weight excluding hydrogens is 416 g/mol. The van der Waals surface area contributed by atoms with Crippen LogP contribution in [0.5, 0.6) is 11.5 Å². The number of hydrogen-bond acceptors (Lipinski definition) is 4. The fraction of sp³-hybridized carbons (Fsp3) is 0.500. The van der Waals surface area contributed by atoms with Gasteiger partial charge in [-0.2, -0.15) is 0 Å². The molecule has 1 aliphatic carbocycles. The minimum absolute atomic E-state index is 0.0780. The molecule has 0 atom stereocenters. The Labute approximate surface area is 189 Å². The summed E-state index contributed by atoms with van der Waals surface area (Å²) in [5, 5.41) is 9.67. The number of piperidine rings is 1. The summed E-state index contributed by atoms with van der Waals surface area (Å²) in [6.45, 7) is 1.87. The second kappa shape index (κ2) is 12.4. The number of nitrogens with zero attached hydrogens (tertiary/aromatic N) is 2. The van der Waals surface area contributed by atoms with Crippen LogP contribution in [0, 0.1) is 5.92 Å². The zero-order valence-electron chi connectivity index (χ0n) is 17.8. The average molecular weight is 447 g/mol. The van der Waals surface area contributed by atoms with Gasteiger partial charge in [-0.15, -0.1) is 0 Å². The number of carboxylic acid groups (broad SMARTS) is 1. The minimum atomic E-state index is -0.841. The maximum atomic E-state index is 10.9. The normalized spacial score (nSPS) is 17.4. The average Bonchev–Trinajstić information content (AvgIpc) is 2.80. The van der Waals surface area contributed by atoms with E-state index in [1.807, 2.05) is 24.3 Å². The maximum absolute atomic E-state index is 10.9. The van der Waals surface area contributed by atoms with E-state index in [0.29, 0.717) is 24.0 Å². The van der Waals surface area contributed by atoms with Gasteiger partial charge in [0.1, 0.15) is 17.6 Å². The highest BCUT2D eigenvalue weighted by atomic mass is 35.5. The third-order valence-corrected chi connectivity index (χ3v) is 5.88. The van der Waals surface area contributed by atoms with Crippen LogP contribution in [0.2, 0.25) is 5.02 Å². The number of amides is 1. The fourth-order valence-corrected chi connectivity index (χ4v) is 4.03. The third-order valence-electron chi connectivity index (χ3n) is 5.66. The predicted octanol–water partition coefficient (Wildman–Crippen LogP) is 5.90. The van der Waals surface area contributed by atoms with Crippen molar-refractivity contribution in [1.29, 1.82) is 0 Å². The van der Waals surface area contributed by atoms with Crippen molar-refractivity contribution < 1.29 is 19.4 Å². The van der Waals surface area contributed by atoms with E-state index in [1.54, 1.807) is 24.5 Å². The largest absolute Gasteiger partial charge is 0.493 e. The molecule has 1 aromatic heterocycles. The number of likely N-dealkylation sites (tertiary alicyclic amines) is 1. The number of carbonyl (C=O) groups is 1. The molecule has 1 N–H and O–H groups in total. The molecule has 0 radical (unpaired) electrons. The van der Waals surface area contributed by atoms with Crippen LogP contribution in [0.25, 0.3) is 0 Å². The summed E-state index contributed by atoms with van der Waals surface area (Å²) in [6, 6.07) is 11.4. The van der Waals surface area contributed by atoms with Gasteiger partial charge in [-0.3, -0.25) is 4.98 Å². The Morgan fingerprint density at radius 2 is 1.81 bits per heavy atom. The van der Waals surface area contributed by atoms with E-state index in [0.717, 1.165) is 30.9 Å². The number of pyridine rings is 1. The summed E-state index contributed by atoms with van der Waals surface area (Å²) in [4.78, 5) is 16.1. The number of aromatic nitrogens is 1. The van der Waals surface area contributed by atoms with Crippen molar-refractivity contribution in [1.82, 2.24) is 9.88 Å². The Kier molecular flexibility index (Phi) is 9.28. The molecule has 6 nitrogen and oxygen atoms in total. The number of hydrogen-bond donors (Lipinski definition) is 1. The zero-order valence-corrected chi connectivity index (χ0v) is 18.5. The van der Waals surface area contributed by atoms with E-state index in [-0.39, 0.29) is 6.10 Å². The number of rotatable bonds is 5. The van der Waals surface area contributed by atoms with E-state index < -0.39 is 6.09 Å². The molecule has 0 unspecified atom stereocenters. The quantitative estimate of drug-likeness (QED) is 0.618. The molecular formula is C24H31ClN2O4. The lowest BCUT2D eigenvalue weighted by Crippen LogP contribution is -2.41. The van der Waals surface area contributed by atoms with Gasteiger partial charge in [0.25, 0.3) is 0 Å². The van der Waals surface area contributed by atoms with E-state index in [9.17, 15) is 4.79 Å². The van der Waals surface area contributed by atoms with Crippen LogP contribution in [-0.4, -0.2) is 46.9 Å². The van der Waals surface area contributed by atoms with Crippen LogP contribution >= 0.6 is 11.6 Å². The Bertz CT molecular complexity index is 791. The van der Waals surface area contributed by atoms with Gasteiger partial charge in [0, 0.05) is 44.4 Å². The molecule has 2 aromatic rings. The molecule has 0 bridgehead atoms. The van der Waals surface area contributed by atoms with Crippen molar-refractivity contribution in [2.24, 2.45) is 5.92 Å². The summed E-state index contributed by atoms with van der Waals surface area (Å²) < 4.78 is 12.0. The first-order chi connectivity index (χ1) is 15.1. The molecule has 1 saturated heterocycles. The molecule has 1 aromatic carbocycles. The molecule has 31 heavy (non-hydrogen) atoms. The first-order valence-electron chi connectivity index (χ1n) is 11.0. The van der Waals surface area contributed by atoms with E-state index in [1.165, 1.54) is 37.0 Å². The van der Waals surface area contributed by atoms with Crippen LogP contribution in [0.4, 0.5) is 4.79 Å². The van der Waals surface area contributed by atoms with E-state index >= 15 is 0 Å². The Balaban J connectivity index is 0.000000330. The number of benzene rings is 1. The van der Waals surface area contributed by atoms with Crippen LogP contribution < -0.4 is 9.47 Å². The molecule has 4 rings (SSSR count). The van der Waals surface area contributed by atoms with Gasteiger partial charge in [0.15, 0.2) is 0 Å². The first kappa shape index (κ1) is 23.2. The van der Waals surface area contributed by atoms with Crippen LogP contribution in [-0.2, 0) is 0 Å². The summed E-state index contributed by atoms with van der Waals surface area (Å²) in [7, 11) is 0. The number of ether oxygens (including phenoxy) is 2. The van der Waals surface area contributed by atoms with Gasteiger partial charge in [-0.1, -0.05) is 36.9 Å². The Morgan fingerprint density at radius 1 is 1.06 bits per heavy atom. The van der Waals surface area contributed by atoms with Crippen molar-refractivity contribution in [2.45, 2.75) is 51.0 Å². The van der Waals surface area contributed by atoms with Crippen molar-refractivity contribution in [3.8, 4) is 11.5 Å². The van der Waals surface area contributed by atoms with E-state index in [4.69, 9.17) is 26.2 Å². The summed E-state index contributed by atoms with van der Waals surface area (Å²) in [6.07, 6.45) is 10.6.